The summed E-state index contributed by atoms with van der Waals surface area (Å²) in [5, 5.41) is 0. The van der Waals surface area contributed by atoms with Gasteiger partial charge in [-0.25, -0.2) is 0 Å². The molecular weight excluding hydrogens is 424 g/mol. The van der Waals surface area contributed by atoms with Gasteiger partial charge in [-0.2, -0.15) is 0 Å². The molecule has 0 radical (unpaired) electrons. The van der Waals surface area contributed by atoms with Crippen LogP contribution in [0.1, 0.15) is 61.8 Å². The lowest BCUT2D eigenvalue weighted by molar-refractivity contribution is 0.896. The van der Waals surface area contributed by atoms with Gasteiger partial charge in [0.05, 0.1) is 0 Å². The smallest absolute Gasteiger partial charge is 0.00723 e. The second-order valence-corrected chi connectivity index (χ2v) is 10.2. The molecule has 0 aliphatic carbocycles. The first-order chi connectivity index (χ1) is 15.8. The van der Waals surface area contributed by atoms with Gasteiger partial charge < -0.3 is 0 Å². The Balaban J connectivity index is 1.51. The van der Waals surface area contributed by atoms with E-state index in [0.29, 0.717) is 0 Å². The summed E-state index contributed by atoms with van der Waals surface area (Å²) in [4.78, 5) is 2.72. The molecular formula is C30H34S2. The highest BCUT2D eigenvalue weighted by Gasteiger charge is 1.96. The minimum absolute atomic E-state index is 1.20. The van der Waals surface area contributed by atoms with Crippen LogP contribution in [0.4, 0.5) is 0 Å². The number of benzene rings is 3. The zero-order valence-corrected chi connectivity index (χ0v) is 20.9. The highest BCUT2D eigenvalue weighted by atomic mass is 32.2. The Morgan fingerprint density at radius 1 is 0.469 bits per heavy atom. The molecule has 0 nitrogen and oxygen atoms in total. The lowest BCUT2D eigenvalue weighted by Gasteiger charge is -2.02. The first-order valence-electron chi connectivity index (χ1n) is 11.7. The molecule has 0 aromatic heterocycles. The molecule has 0 bridgehead atoms. The van der Waals surface area contributed by atoms with Gasteiger partial charge in [0.25, 0.3) is 0 Å². The fourth-order valence-electron chi connectivity index (χ4n) is 3.12. The number of hydrogen-bond acceptors (Lipinski definition) is 2. The topological polar surface area (TPSA) is 0 Å². The molecule has 0 saturated heterocycles. The molecule has 3 aromatic carbocycles. The van der Waals surface area contributed by atoms with Crippen LogP contribution in [0.2, 0.25) is 0 Å². The summed E-state index contributed by atoms with van der Waals surface area (Å²) in [5.74, 6) is 2.41. The van der Waals surface area contributed by atoms with Crippen molar-refractivity contribution >= 4 is 47.8 Å². The van der Waals surface area contributed by atoms with Crippen LogP contribution in [0.25, 0.3) is 24.3 Å². The Morgan fingerprint density at radius 3 is 1.03 bits per heavy atom. The highest BCUT2D eigenvalue weighted by Crippen LogP contribution is 2.22. The lowest BCUT2D eigenvalue weighted by atomic mass is 10.1. The minimum atomic E-state index is 1.20. The zero-order valence-electron chi connectivity index (χ0n) is 19.3. The number of thioether (sulfide) groups is 2. The Labute approximate surface area is 203 Å². The van der Waals surface area contributed by atoms with E-state index in [1.54, 1.807) is 0 Å². The summed E-state index contributed by atoms with van der Waals surface area (Å²) in [6.07, 6.45) is 13.8. The third-order valence-electron chi connectivity index (χ3n) is 5.17. The maximum atomic E-state index is 2.24. The molecule has 0 fully saturated rings. The summed E-state index contributed by atoms with van der Waals surface area (Å²) in [5.41, 5.74) is 4.92. The molecule has 32 heavy (non-hydrogen) atoms. The van der Waals surface area contributed by atoms with E-state index in [1.165, 1.54) is 69.2 Å². The van der Waals surface area contributed by atoms with Gasteiger partial charge >= 0.3 is 0 Å². The van der Waals surface area contributed by atoms with Crippen molar-refractivity contribution in [2.45, 2.75) is 49.3 Å². The van der Waals surface area contributed by atoms with Crippen LogP contribution < -0.4 is 0 Å². The van der Waals surface area contributed by atoms with Gasteiger partial charge in [-0.15, -0.1) is 23.5 Å². The molecule has 0 spiro atoms. The van der Waals surface area contributed by atoms with Crippen LogP contribution >= 0.6 is 23.5 Å². The molecule has 0 heterocycles. The predicted molar refractivity (Wildman–Crippen MR) is 148 cm³/mol. The molecule has 0 aliphatic rings. The van der Waals surface area contributed by atoms with Gasteiger partial charge in [-0.05, 0) is 70.9 Å². The van der Waals surface area contributed by atoms with Gasteiger partial charge in [0.15, 0.2) is 0 Å². The van der Waals surface area contributed by atoms with Gasteiger partial charge in [-0.1, -0.05) is 99.5 Å². The molecule has 0 aliphatic heterocycles. The van der Waals surface area contributed by atoms with Gasteiger partial charge in [0, 0.05) is 9.79 Å². The molecule has 0 unspecified atom stereocenters. The van der Waals surface area contributed by atoms with Crippen LogP contribution in [0.3, 0.4) is 0 Å². The molecule has 0 atom stereocenters. The largest absolute Gasteiger partial charge is 0.126 e. The van der Waals surface area contributed by atoms with Crippen molar-refractivity contribution in [3.63, 3.8) is 0 Å². The molecule has 0 amide bonds. The third-order valence-corrected chi connectivity index (χ3v) is 7.36. The monoisotopic (exact) mass is 458 g/mol. The second-order valence-electron chi connectivity index (χ2n) is 7.88. The van der Waals surface area contributed by atoms with Crippen LogP contribution in [0.15, 0.2) is 82.6 Å². The van der Waals surface area contributed by atoms with Crippen LogP contribution in [0, 0.1) is 0 Å². The fraction of sp³-hybridized carbons (Fsp3) is 0.267. The summed E-state index contributed by atoms with van der Waals surface area (Å²) in [6.45, 7) is 4.48. The van der Waals surface area contributed by atoms with Crippen molar-refractivity contribution < 1.29 is 0 Å². The van der Waals surface area contributed by atoms with Gasteiger partial charge in [-0.3, -0.25) is 0 Å². The van der Waals surface area contributed by atoms with Crippen LogP contribution in [-0.4, -0.2) is 11.5 Å². The number of unbranched alkanes of at least 4 members (excludes halogenated alkanes) is 2. The predicted octanol–water partition coefficient (Wildman–Crippen LogP) is 9.81. The highest BCUT2D eigenvalue weighted by molar-refractivity contribution is 7.99. The molecule has 3 aromatic rings. The summed E-state index contributed by atoms with van der Waals surface area (Å²) >= 11 is 3.89. The van der Waals surface area contributed by atoms with Crippen LogP contribution in [0.5, 0.6) is 0 Å². The lowest BCUT2D eigenvalue weighted by Crippen LogP contribution is -1.80. The minimum Gasteiger partial charge on any atom is -0.126 e. The van der Waals surface area contributed by atoms with E-state index in [-0.39, 0.29) is 0 Å². The van der Waals surface area contributed by atoms with E-state index < -0.39 is 0 Å². The Hall–Kier alpha value is -2.16. The second kappa shape index (κ2) is 14.1. The molecule has 166 valence electrons. The first-order valence-corrected chi connectivity index (χ1v) is 13.7. The Kier molecular flexibility index (Phi) is 10.8. The Bertz CT molecular complexity index is 882. The van der Waals surface area contributed by atoms with E-state index >= 15 is 0 Å². The molecule has 0 N–H and O–H groups in total. The third kappa shape index (κ3) is 8.76. The van der Waals surface area contributed by atoms with Crippen LogP contribution in [-0.2, 0) is 0 Å². The van der Waals surface area contributed by atoms with E-state index in [1.807, 2.05) is 23.5 Å². The summed E-state index contributed by atoms with van der Waals surface area (Å²) in [7, 11) is 0. The SMILES string of the molecule is CCCCSc1ccc(C=Cc2ccc(C=Cc3ccc(SCCCC)cc3)cc2)cc1. The number of rotatable bonds is 12. The molecule has 2 heteroatoms. The first kappa shape index (κ1) is 24.5. The number of hydrogen-bond donors (Lipinski definition) is 0. The standard InChI is InChI=1S/C30H34S2/c1-3-5-23-31-29-19-15-27(16-20-29)13-11-25-7-9-26(10-8-25)12-14-28-17-21-30(22-18-28)32-24-6-4-2/h7-22H,3-6,23-24H2,1-2H3. The van der Waals surface area contributed by atoms with E-state index in [2.05, 4.69) is 111 Å². The van der Waals surface area contributed by atoms with Crippen molar-refractivity contribution in [2.24, 2.45) is 0 Å². The van der Waals surface area contributed by atoms with E-state index in [0.717, 1.165) is 0 Å². The van der Waals surface area contributed by atoms with Gasteiger partial charge in [0.1, 0.15) is 0 Å². The maximum absolute atomic E-state index is 2.24. The van der Waals surface area contributed by atoms with E-state index in [4.69, 9.17) is 0 Å². The van der Waals surface area contributed by atoms with Crippen molar-refractivity contribution in [1.82, 2.24) is 0 Å². The van der Waals surface area contributed by atoms with Gasteiger partial charge in [0.2, 0.25) is 0 Å². The van der Waals surface area contributed by atoms with Crippen molar-refractivity contribution in [3.05, 3.63) is 95.1 Å². The average Bonchev–Trinajstić information content (AvgIpc) is 2.84. The van der Waals surface area contributed by atoms with Crippen molar-refractivity contribution in [2.75, 3.05) is 11.5 Å². The normalized spacial score (nSPS) is 11.6. The quantitative estimate of drug-likeness (QED) is 0.150. The average molecular weight is 459 g/mol. The maximum Gasteiger partial charge on any atom is 0.00723 e. The molecule has 3 rings (SSSR count). The van der Waals surface area contributed by atoms with Crippen molar-refractivity contribution in [3.8, 4) is 0 Å². The molecule has 0 saturated carbocycles. The van der Waals surface area contributed by atoms with E-state index in [9.17, 15) is 0 Å². The zero-order chi connectivity index (χ0) is 22.4. The summed E-state index contributed by atoms with van der Waals surface area (Å²) < 4.78 is 0. The van der Waals surface area contributed by atoms with Crippen molar-refractivity contribution in [1.29, 1.82) is 0 Å². The summed E-state index contributed by atoms with van der Waals surface area (Å²) in [6, 6.07) is 26.4. The Morgan fingerprint density at radius 2 is 0.750 bits per heavy atom. The fourth-order valence-corrected chi connectivity index (χ4v) is 5.12.